The number of hydrogen-bond donors (Lipinski definition) is 2. The largest absolute Gasteiger partial charge is 0.352 e. The fourth-order valence-electron chi connectivity index (χ4n) is 3.89. The highest BCUT2D eigenvalue weighted by Gasteiger charge is 2.34. The van der Waals surface area contributed by atoms with Crippen LogP contribution in [0.1, 0.15) is 53.8 Å². The van der Waals surface area contributed by atoms with E-state index in [1.165, 1.54) is 18.2 Å². The number of likely N-dealkylation sites (tertiary alicyclic amines) is 1. The molecular formula is C25H30FN3O3. The fraction of sp³-hybridized carbons (Fsp3) is 0.400. The molecule has 7 heteroatoms. The highest BCUT2D eigenvalue weighted by Crippen LogP contribution is 2.23. The van der Waals surface area contributed by atoms with Crippen molar-refractivity contribution in [2.24, 2.45) is 5.92 Å². The summed E-state index contributed by atoms with van der Waals surface area (Å²) in [5, 5.41) is 5.89. The summed E-state index contributed by atoms with van der Waals surface area (Å²) >= 11 is 0. The minimum absolute atomic E-state index is 0.00623. The molecule has 0 spiro atoms. The zero-order valence-corrected chi connectivity index (χ0v) is 18.5. The summed E-state index contributed by atoms with van der Waals surface area (Å²) in [4.78, 5) is 40.2. The Balaban J connectivity index is 1.69. The normalized spacial score (nSPS) is 16.2. The van der Waals surface area contributed by atoms with Crippen LogP contribution in [0.2, 0.25) is 0 Å². The van der Waals surface area contributed by atoms with Gasteiger partial charge in [0, 0.05) is 30.3 Å². The third-order valence-electron chi connectivity index (χ3n) is 5.98. The van der Waals surface area contributed by atoms with Crippen molar-refractivity contribution in [3.63, 3.8) is 0 Å². The van der Waals surface area contributed by atoms with Gasteiger partial charge in [0.05, 0.1) is 0 Å². The van der Waals surface area contributed by atoms with E-state index in [1.807, 2.05) is 19.9 Å². The van der Waals surface area contributed by atoms with Gasteiger partial charge in [0.2, 0.25) is 5.91 Å². The first-order valence-electron chi connectivity index (χ1n) is 11.1. The average Bonchev–Trinajstić information content (AvgIpc) is 2.82. The molecule has 0 radical (unpaired) electrons. The monoisotopic (exact) mass is 439 g/mol. The molecule has 0 saturated carbocycles. The Morgan fingerprint density at radius 1 is 1.00 bits per heavy atom. The molecule has 170 valence electrons. The van der Waals surface area contributed by atoms with Crippen LogP contribution in [0.4, 0.5) is 4.39 Å². The number of carbonyl (C=O) groups excluding carboxylic acids is 3. The van der Waals surface area contributed by atoms with Crippen LogP contribution in [0.25, 0.3) is 0 Å². The second-order valence-electron chi connectivity index (χ2n) is 8.28. The molecule has 6 nitrogen and oxygen atoms in total. The van der Waals surface area contributed by atoms with E-state index in [1.54, 1.807) is 35.2 Å². The summed E-state index contributed by atoms with van der Waals surface area (Å²) in [6.45, 7) is 4.79. The van der Waals surface area contributed by atoms with Gasteiger partial charge in [-0.2, -0.15) is 0 Å². The summed E-state index contributed by atoms with van der Waals surface area (Å²) in [7, 11) is 0. The number of amides is 3. The van der Waals surface area contributed by atoms with Crippen molar-refractivity contribution in [2.75, 3.05) is 13.1 Å². The lowest BCUT2D eigenvalue weighted by Gasteiger charge is -2.36. The van der Waals surface area contributed by atoms with E-state index in [4.69, 9.17) is 0 Å². The molecule has 2 aromatic rings. The molecule has 2 N–H and O–H groups in total. The average molecular weight is 440 g/mol. The molecule has 0 unspecified atom stereocenters. The number of nitrogens with zero attached hydrogens (tertiary/aromatic N) is 1. The molecule has 1 saturated heterocycles. The molecule has 2 atom stereocenters. The first kappa shape index (κ1) is 23.4. The number of piperidine rings is 1. The third kappa shape index (κ3) is 5.93. The quantitative estimate of drug-likeness (QED) is 0.694. The predicted octanol–water partition coefficient (Wildman–Crippen LogP) is 3.39. The number of carbonyl (C=O) groups is 3. The van der Waals surface area contributed by atoms with Gasteiger partial charge in [0.15, 0.2) is 0 Å². The summed E-state index contributed by atoms with van der Waals surface area (Å²) in [6.07, 6.45) is 1.91. The number of rotatable bonds is 7. The Morgan fingerprint density at radius 3 is 2.28 bits per heavy atom. The summed E-state index contributed by atoms with van der Waals surface area (Å²) in [5.41, 5.74) is 0.805. The third-order valence-corrected chi connectivity index (χ3v) is 5.98. The maximum atomic E-state index is 13.5. The van der Waals surface area contributed by atoms with E-state index < -0.39 is 11.9 Å². The van der Waals surface area contributed by atoms with Crippen LogP contribution in [-0.2, 0) is 4.79 Å². The van der Waals surface area contributed by atoms with E-state index in [0.29, 0.717) is 37.1 Å². The molecule has 1 fully saturated rings. The van der Waals surface area contributed by atoms with Crippen LogP contribution in [0.3, 0.4) is 0 Å². The Kier molecular flexibility index (Phi) is 7.98. The van der Waals surface area contributed by atoms with Crippen molar-refractivity contribution in [1.29, 1.82) is 0 Å². The van der Waals surface area contributed by atoms with E-state index in [0.717, 1.165) is 6.42 Å². The zero-order chi connectivity index (χ0) is 23.1. The number of hydrogen-bond acceptors (Lipinski definition) is 3. The molecule has 1 heterocycles. The van der Waals surface area contributed by atoms with Crippen molar-refractivity contribution in [1.82, 2.24) is 15.5 Å². The molecule has 32 heavy (non-hydrogen) atoms. The molecule has 3 rings (SSSR count). The van der Waals surface area contributed by atoms with Crippen molar-refractivity contribution in [3.05, 3.63) is 71.5 Å². The highest BCUT2D eigenvalue weighted by atomic mass is 19.1. The van der Waals surface area contributed by atoms with Crippen LogP contribution in [-0.4, -0.2) is 47.8 Å². The van der Waals surface area contributed by atoms with Gasteiger partial charge in [0.25, 0.3) is 11.8 Å². The van der Waals surface area contributed by atoms with Crippen molar-refractivity contribution >= 4 is 17.7 Å². The minimum Gasteiger partial charge on any atom is -0.352 e. The Bertz CT molecular complexity index is 942. The van der Waals surface area contributed by atoms with Crippen LogP contribution in [0.15, 0.2) is 54.6 Å². The first-order valence-corrected chi connectivity index (χ1v) is 11.1. The van der Waals surface area contributed by atoms with E-state index in [-0.39, 0.29) is 29.7 Å². The second-order valence-corrected chi connectivity index (χ2v) is 8.28. The molecule has 0 bridgehead atoms. The summed E-state index contributed by atoms with van der Waals surface area (Å²) < 4.78 is 13.5. The Labute approximate surface area is 188 Å². The fourth-order valence-corrected chi connectivity index (χ4v) is 3.89. The maximum Gasteiger partial charge on any atom is 0.253 e. The van der Waals surface area contributed by atoms with Crippen molar-refractivity contribution in [2.45, 2.75) is 45.2 Å². The molecule has 0 aliphatic carbocycles. The maximum absolute atomic E-state index is 13.5. The van der Waals surface area contributed by atoms with E-state index in [2.05, 4.69) is 10.6 Å². The van der Waals surface area contributed by atoms with E-state index in [9.17, 15) is 18.8 Å². The zero-order valence-electron chi connectivity index (χ0n) is 18.5. The van der Waals surface area contributed by atoms with Gasteiger partial charge in [0.1, 0.15) is 11.9 Å². The topological polar surface area (TPSA) is 78.5 Å². The van der Waals surface area contributed by atoms with Gasteiger partial charge in [-0.1, -0.05) is 31.2 Å². The van der Waals surface area contributed by atoms with Gasteiger partial charge in [-0.25, -0.2) is 4.39 Å². The first-order chi connectivity index (χ1) is 15.4. The number of benzene rings is 2. The van der Waals surface area contributed by atoms with Crippen molar-refractivity contribution in [3.8, 4) is 0 Å². The van der Waals surface area contributed by atoms with Gasteiger partial charge in [-0.3, -0.25) is 14.4 Å². The predicted molar refractivity (Wildman–Crippen MR) is 121 cm³/mol. The van der Waals surface area contributed by atoms with Crippen molar-refractivity contribution < 1.29 is 18.8 Å². The van der Waals surface area contributed by atoms with Gasteiger partial charge in [-0.05, 0) is 62.4 Å². The SMILES string of the molecule is CC[C@@H](C)NC(=O)[C@@H](NC(=O)c1ccccc1)C1CCN(C(=O)c2cccc(F)c2)CC1. The van der Waals surface area contributed by atoms with Gasteiger partial charge in [-0.15, -0.1) is 0 Å². The molecule has 2 aromatic carbocycles. The Morgan fingerprint density at radius 2 is 1.66 bits per heavy atom. The molecule has 3 amide bonds. The lowest BCUT2D eigenvalue weighted by molar-refractivity contribution is -0.125. The van der Waals surface area contributed by atoms with Crippen LogP contribution >= 0.6 is 0 Å². The number of halogens is 1. The molecule has 0 aromatic heterocycles. The van der Waals surface area contributed by atoms with Crippen LogP contribution < -0.4 is 10.6 Å². The van der Waals surface area contributed by atoms with E-state index >= 15 is 0 Å². The second kappa shape index (κ2) is 10.9. The molecule has 1 aliphatic heterocycles. The Hall–Kier alpha value is -3.22. The summed E-state index contributed by atoms with van der Waals surface area (Å²) in [6, 6.07) is 13.8. The van der Waals surface area contributed by atoms with Crippen LogP contribution in [0.5, 0.6) is 0 Å². The smallest absolute Gasteiger partial charge is 0.253 e. The molecule has 1 aliphatic rings. The highest BCUT2D eigenvalue weighted by molar-refractivity contribution is 5.97. The lowest BCUT2D eigenvalue weighted by atomic mass is 9.88. The lowest BCUT2D eigenvalue weighted by Crippen LogP contribution is -2.55. The van der Waals surface area contributed by atoms with Gasteiger partial charge >= 0.3 is 0 Å². The standard InChI is InChI=1S/C25H30FN3O3/c1-3-17(2)27-24(31)22(28-23(30)19-8-5-4-6-9-19)18-12-14-29(15-13-18)25(32)20-10-7-11-21(26)16-20/h4-11,16-18,22H,3,12-15H2,1-2H3,(H,27,31)(H,28,30)/t17-,22+/m1/s1. The van der Waals surface area contributed by atoms with Gasteiger partial charge < -0.3 is 15.5 Å². The molecular weight excluding hydrogens is 409 g/mol. The number of nitrogens with one attached hydrogen (secondary N) is 2. The summed E-state index contributed by atoms with van der Waals surface area (Å²) in [5.74, 6) is -1.29. The minimum atomic E-state index is -0.692. The van der Waals surface area contributed by atoms with Crippen LogP contribution in [0, 0.1) is 11.7 Å².